The highest BCUT2D eigenvalue weighted by atomic mass is 79.9. The topological polar surface area (TPSA) is 67.6 Å². The molecule has 0 saturated carbocycles. The lowest BCUT2D eigenvalue weighted by Crippen LogP contribution is -2.02. The number of hydrogen-bond acceptors (Lipinski definition) is 3. The summed E-state index contributed by atoms with van der Waals surface area (Å²) >= 11 is 3.40. The molecule has 0 radical (unpaired) electrons. The van der Waals surface area contributed by atoms with Gasteiger partial charge in [-0.3, -0.25) is 0 Å². The van der Waals surface area contributed by atoms with Gasteiger partial charge in [0.25, 0.3) is 0 Å². The van der Waals surface area contributed by atoms with E-state index < -0.39 is 0 Å². The fraction of sp³-hybridized carbons (Fsp3) is 0. The van der Waals surface area contributed by atoms with E-state index in [2.05, 4.69) is 21.0 Å². The molecule has 0 aliphatic rings. The van der Waals surface area contributed by atoms with Gasteiger partial charge in [-0.1, -0.05) is 12.1 Å². The molecule has 2 aromatic rings. The summed E-state index contributed by atoms with van der Waals surface area (Å²) in [6.07, 6.45) is 1.45. The first-order chi connectivity index (χ1) is 7.24. The van der Waals surface area contributed by atoms with Crippen LogP contribution in [0.15, 0.2) is 34.9 Å². The van der Waals surface area contributed by atoms with Crippen molar-refractivity contribution in [1.29, 1.82) is 5.26 Å². The minimum absolute atomic E-state index is 0.351. The molecule has 0 aliphatic heterocycles. The smallest absolute Gasteiger partial charge is 0.145 e. The van der Waals surface area contributed by atoms with Crippen molar-refractivity contribution in [2.75, 3.05) is 5.73 Å². The molecule has 74 valence electrons. The van der Waals surface area contributed by atoms with E-state index in [4.69, 9.17) is 11.0 Å². The summed E-state index contributed by atoms with van der Waals surface area (Å²) in [6, 6.07) is 9.53. The average Bonchev–Trinajstić information content (AvgIpc) is 2.60. The predicted octanol–water partition coefficient (Wildman–Crippen LogP) is 2.09. The van der Waals surface area contributed by atoms with Crippen LogP contribution in [0, 0.1) is 11.3 Å². The lowest BCUT2D eigenvalue weighted by Gasteiger charge is -2.05. The number of halogens is 1. The van der Waals surface area contributed by atoms with E-state index in [1.807, 2.05) is 30.3 Å². The SMILES string of the molecule is N#Cc1cnn(-c2ccccc2Br)c1N. The Balaban J connectivity index is 2.61. The Morgan fingerprint density at radius 2 is 2.13 bits per heavy atom. The molecule has 1 aromatic heterocycles. The van der Waals surface area contributed by atoms with Gasteiger partial charge in [0.2, 0.25) is 0 Å². The van der Waals surface area contributed by atoms with Crippen LogP contribution in [0.4, 0.5) is 5.82 Å². The first-order valence-corrected chi connectivity index (χ1v) is 5.02. The maximum Gasteiger partial charge on any atom is 0.145 e. The largest absolute Gasteiger partial charge is 0.382 e. The third-order valence-corrected chi connectivity index (χ3v) is 2.68. The number of nitrogens with two attached hydrogens (primary N) is 1. The van der Waals surface area contributed by atoms with Gasteiger partial charge < -0.3 is 5.73 Å². The van der Waals surface area contributed by atoms with E-state index >= 15 is 0 Å². The van der Waals surface area contributed by atoms with Gasteiger partial charge in [0.1, 0.15) is 17.5 Å². The minimum Gasteiger partial charge on any atom is -0.382 e. The molecule has 0 atom stereocenters. The quantitative estimate of drug-likeness (QED) is 0.856. The van der Waals surface area contributed by atoms with Crippen LogP contribution in [0.2, 0.25) is 0 Å². The summed E-state index contributed by atoms with van der Waals surface area (Å²) in [6.45, 7) is 0. The van der Waals surface area contributed by atoms with Gasteiger partial charge in [0, 0.05) is 4.47 Å². The van der Waals surface area contributed by atoms with Gasteiger partial charge in [0.15, 0.2) is 0 Å². The predicted molar refractivity (Wildman–Crippen MR) is 60.4 cm³/mol. The first kappa shape index (κ1) is 9.74. The van der Waals surface area contributed by atoms with Crippen LogP contribution in [0.3, 0.4) is 0 Å². The summed E-state index contributed by atoms with van der Waals surface area (Å²) in [7, 11) is 0. The molecule has 1 heterocycles. The molecule has 1 aromatic carbocycles. The van der Waals surface area contributed by atoms with Gasteiger partial charge >= 0.3 is 0 Å². The van der Waals surface area contributed by atoms with Crippen molar-refractivity contribution < 1.29 is 0 Å². The van der Waals surface area contributed by atoms with Crippen LogP contribution >= 0.6 is 15.9 Å². The van der Waals surface area contributed by atoms with Crippen molar-refractivity contribution >= 4 is 21.7 Å². The fourth-order valence-corrected chi connectivity index (χ4v) is 1.71. The maximum atomic E-state index is 8.75. The second-order valence-electron chi connectivity index (χ2n) is 2.92. The number of nitrogens with zero attached hydrogens (tertiary/aromatic N) is 3. The summed E-state index contributed by atoms with van der Waals surface area (Å²) < 4.78 is 2.41. The van der Waals surface area contributed by atoms with Crippen LogP contribution in [0.5, 0.6) is 0 Å². The Morgan fingerprint density at radius 1 is 1.40 bits per heavy atom. The number of hydrogen-bond donors (Lipinski definition) is 1. The number of anilines is 1. The molecule has 15 heavy (non-hydrogen) atoms. The second-order valence-corrected chi connectivity index (χ2v) is 3.77. The molecular weight excluding hydrogens is 256 g/mol. The molecule has 0 saturated heterocycles. The molecule has 0 amide bonds. The number of nitrogen functional groups attached to an aromatic ring is 1. The third-order valence-electron chi connectivity index (χ3n) is 2.01. The van der Waals surface area contributed by atoms with Gasteiger partial charge in [-0.05, 0) is 28.1 Å². The lowest BCUT2D eigenvalue weighted by molar-refractivity contribution is 0.887. The number of benzene rings is 1. The molecule has 2 N–H and O–H groups in total. The van der Waals surface area contributed by atoms with Crippen LogP contribution in [-0.4, -0.2) is 9.78 Å². The number of aromatic nitrogens is 2. The molecule has 5 heteroatoms. The molecule has 4 nitrogen and oxygen atoms in total. The first-order valence-electron chi connectivity index (χ1n) is 4.22. The normalized spacial score (nSPS) is 9.87. The Bertz CT molecular complexity index is 539. The zero-order valence-electron chi connectivity index (χ0n) is 7.68. The van der Waals surface area contributed by atoms with Crippen molar-refractivity contribution in [2.24, 2.45) is 0 Å². The standard InChI is InChI=1S/C10H7BrN4/c11-8-3-1-2-4-9(8)15-10(13)7(5-12)6-14-15/h1-4,6H,13H2. The lowest BCUT2D eigenvalue weighted by atomic mass is 10.3. The van der Waals surface area contributed by atoms with Crippen LogP contribution in [-0.2, 0) is 0 Å². The highest BCUT2D eigenvalue weighted by Crippen LogP contribution is 2.23. The summed E-state index contributed by atoms with van der Waals surface area (Å²) in [5.41, 5.74) is 6.97. The molecule has 0 fully saturated rings. The molecule has 0 aliphatic carbocycles. The van der Waals surface area contributed by atoms with Crippen molar-refractivity contribution in [3.63, 3.8) is 0 Å². The molecule has 0 bridgehead atoms. The van der Waals surface area contributed by atoms with Crippen molar-refractivity contribution in [2.45, 2.75) is 0 Å². The van der Waals surface area contributed by atoms with Gasteiger partial charge in [-0.15, -0.1) is 0 Å². The molecule has 2 rings (SSSR count). The van der Waals surface area contributed by atoms with Gasteiger partial charge in [-0.25, -0.2) is 4.68 Å². The van der Waals surface area contributed by atoms with E-state index in [-0.39, 0.29) is 0 Å². The third kappa shape index (κ3) is 1.60. The highest BCUT2D eigenvalue weighted by Gasteiger charge is 2.09. The van der Waals surface area contributed by atoms with E-state index in [0.29, 0.717) is 11.4 Å². The van der Waals surface area contributed by atoms with Crippen LogP contribution in [0.25, 0.3) is 5.69 Å². The second kappa shape index (κ2) is 3.75. The van der Waals surface area contributed by atoms with Gasteiger partial charge in [-0.2, -0.15) is 10.4 Å². The fourth-order valence-electron chi connectivity index (χ4n) is 1.26. The van der Waals surface area contributed by atoms with Crippen molar-refractivity contribution in [1.82, 2.24) is 9.78 Å². The number of nitriles is 1. The van der Waals surface area contributed by atoms with Crippen molar-refractivity contribution in [3.8, 4) is 11.8 Å². The Hall–Kier alpha value is -1.80. The molecule has 0 spiro atoms. The van der Waals surface area contributed by atoms with E-state index in [1.165, 1.54) is 10.9 Å². The minimum atomic E-state index is 0.351. The zero-order chi connectivity index (χ0) is 10.8. The van der Waals surface area contributed by atoms with Crippen LogP contribution in [0.1, 0.15) is 5.56 Å². The molecule has 0 unspecified atom stereocenters. The summed E-state index contributed by atoms with van der Waals surface area (Å²) in [5, 5.41) is 12.8. The number of para-hydroxylation sites is 1. The number of rotatable bonds is 1. The van der Waals surface area contributed by atoms with E-state index in [9.17, 15) is 0 Å². The zero-order valence-corrected chi connectivity index (χ0v) is 9.27. The Kier molecular flexibility index (Phi) is 2.44. The Labute approximate surface area is 95.1 Å². The maximum absolute atomic E-state index is 8.75. The Morgan fingerprint density at radius 3 is 2.73 bits per heavy atom. The van der Waals surface area contributed by atoms with E-state index in [0.717, 1.165) is 10.2 Å². The summed E-state index contributed by atoms with van der Waals surface area (Å²) in [4.78, 5) is 0. The molecular formula is C10H7BrN4. The average molecular weight is 263 g/mol. The van der Waals surface area contributed by atoms with E-state index in [1.54, 1.807) is 0 Å². The summed E-state index contributed by atoms with van der Waals surface area (Å²) in [5.74, 6) is 0.351. The highest BCUT2D eigenvalue weighted by molar-refractivity contribution is 9.10. The monoisotopic (exact) mass is 262 g/mol. The van der Waals surface area contributed by atoms with Crippen molar-refractivity contribution in [3.05, 3.63) is 40.5 Å². The van der Waals surface area contributed by atoms with Crippen LogP contribution < -0.4 is 5.73 Å². The van der Waals surface area contributed by atoms with Gasteiger partial charge in [0.05, 0.1) is 11.9 Å².